The van der Waals surface area contributed by atoms with Crippen LogP contribution >= 0.6 is 23.1 Å². The number of rotatable bonds is 3. The molecule has 0 saturated carbocycles. The maximum atomic E-state index is 12.5. The van der Waals surface area contributed by atoms with Crippen molar-refractivity contribution >= 4 is 29.0 Å². The van der Waals surface area contributed by atoms with E-state index in [-0.39, 0.29) is 5.91 Å². The van der Waals surface area contributed by atoms with Crippen LogP contribution in [0.15, 0.2) is 6.07 Å². The molecule has 1 amide bonds. The van der Waals surface area contributed by atoms with Gasteiger partial charge in [0.15, 0.2) is 0 Å². The molecule has 1 N–H and O–H groups in total. The van der Waals surface area contributed by atoms with E-state index in [9.17, 15) is 4.79 Å². The number of nitrogens with zero attached hydrogens (tertiary/aromatic N) is 1. The van der Waals surface area contributed by atoms with Crippen LogP contribution in [0.1, 0.15) is 26.5 Å². The Labute approximate surface area is 122 Å². The van der Waals surface area contributed by atoms with Gasteiger partial charge in [0.1, 0.15) is 0 Å². The van der Waals surface area contributed by atoms with E-state index >= 15 is 0 Å². The van der Waals surface area contributed by atoms with Gasteiger partial charge in [-0.2, -0.15) is 11.8 Å². The Bertz CT molecular complexity index is 449. The summed E-state index contributed by atoms with van der Waals surface area (Å²) in [6, 6.07) is 2.14. The van der Waals surface area contributed by atoms with Crippen molar-refractivity contribution in [3.05, 3.63) is 21.4 Å². The van der Waals surface area contributed by atoms with Gasteiger partial charge in [-0.25, -0.2) is 0 Å². The van der Waals surface area contributed by atoms with E-state index in [4.69, 9.17) is 0 Å². The molecule has 1 aromatic heterocycles. The second kappa shape index (κ2) is 5.85. The molecule has 0 radical (unpaired) electrons. The molecule has 1 saturated heterocycles. The van der Waals surface area contributed by atoms with Gasteiger partial charge >= 0.3 is 0 Å². The van der Waals surface area contributed by atoms with Gasteiger partial charge in [-0.15, -0.1) is 11.3 Å². The van der Waals surface area contributed by atoms with Gasteiger partial charge in [-0.05, 0) is 49.7 Å². The molecule has 19 heavy (non-hydrogen) atoms. The van der Waals surface area contributed by atoms with Gasteiger partial charge in [0.05, 0.1) is 4.88 Å². The van der Waals surface area contributed by atoms with Crippen LogP contribution in [0.5, 0.6) is 0 Å². The standard InChI is InChI=1S/C14H20N2OS2/c1-15-7-10-2-4-16(8-10)14(17)13-6-11-9-18-5-3-12(11)19-13/h6,10,15H,2-5,7-9H2,1H3. The molecule has 1 unspecified atom stereocenters. The predicted octanol–water partition coefficient (Wildman–Crippen LogP) is 2.22. The largest absolute Gasteiger partial charge is 0.338 e. The number of carbonyl (C=O) groups is 1. The Kier molecular flexibility index (Phi) is 4.15. The van der Waals surface area contributed by atoms with Crippen molar-refractivity contribution in [3.8, 4) is 0 Å². The lowest BCUT2D eigenvalue weighted by molar-refractivity contribution is 0.0792. The molecule has 2 aliphatic heterocycles. The second-order valence-electron chi connectivity index (χ2n) is 5.33. The van der Waals surface area contributed by atoms with E-state index in [1.165, 1.54) is 16.2 Å². The summed E-state index contributed by atoms with van der Waals surface area (Å²) in [7, 11) is 1.98. The maximum absolute atomic E-state index is 12.5. The minimum absolute atomic E-state index is 0.253. The lowest BCUT2D eigenvalue weighted by Crippen LogP contribution is -2.29. The number of fused-ring (bicyclic) bond motifs is 1. The Balaban J connectivity index is 1.69. The third-order valence-electron chi connectivity index (χ3n) is 3.90. The first-order valence-electron chi connectivity index (χ1n) is 6.91. The van der Waals surface area contributed by atoms with Gasteiger partial charge in [0.2, 0.25) is 0 Å². The van der Waals surface area contributed by atoms with Gasteiger partial charge < -0.3 is 10.2 Å². The topological polar surface area (TPSA) is 32.3 Å². The van der Waals surface area contributed by atoms with E-state index in [1.807, 2.05) is 23.7 Å². The van der Waals surface area contributed by atoms with Crippen molar-refractivity contribution < 1.29 is 4.79 Å². The molecular formula is C14H20N2OS2. The second-order valence-corrected chi connectivity index (χ2v) is 7.57. The van der Waals surface area contributed by atoms with Gasteiger partial charge in [0.25, 0.3) is 5.91 Å². The van der Waals surface area contributed by atoms with Crippen LogP contribution < -0.4 is 5.32 Å². The zero-order valence-electron chi connectivity index (χ0n) is 11.3. The molecule has 104 valence electrons. The Morgan fingerprint density at radius 2 is 2.47 bits per heavy atom. The lowest BCUT2D eigenvalue weighted by atomic mass is 10.1. The summed E-state index contributed by atoms with van der Waals surface area (Å²) in [6.45, 7) is 2.85. The van der Waals surface area contributed by atoms with Crippen molar-refractivity contribution in [3.63, 3.8) is 0 Å². The number of amides is 1. The van der Waals surface area contributed by atoms with E-state index in [1.54, 1.807) is 11.3 Å². The highest BCUT2D eigenvalue weighted by Crippen LogP contribution is 2.32. The Hall–Kier alpha value is -0.520. The molecule has 1 atom stereocenters. The third-order valence-corrected chi connectivity index (χ3v) is 6.14. The SMILES string of the molecule is CNCC1CCN(C(=O)c2cc3c(s2)CCSC3)C1. The highest BCUT2D eigenvalue weighted by molar-refractivity contribution is 7.98. The number of carbonyl (C=O) groups excluding carboxylic acids is 1. The van der Waals surface area contributed by atoms with Crippen LogP contribution in [-0.4, -0.2) is 43.2 Å². The molecule has 1 fully saturated rings. The van der Waals surface area contributed by atoms with Crippen LogP contribution in [0.2, 0.25) is 0 Å². The molecule has 1 aromatic rings. The molecule has 3 rings (SSSR count). The highest BCUT2D eigenvalue weighted by Gasteiger charge is 2.28. The van der Waals surface area contributed by atoms with Crippen LogP contribution in [-0.2, 0) is 12.2 Å². The summed E-state index contributed by atoms with van der Waals surface area (Å²) in [6.07, 6.45) is 2.27. The summed E-state index contributed by atoms with van der Waals surface area (Å²) >= 11 is 3.70. The molecule has 0 spiro atoms. The molecular weight excluding hydrogens is 276 g/mol. The quantitative estimate of drug-likeness (QED) is 0.928. The monoisotopic (exact) mass is 296 g/mol. The van der Waals surface area contributed by atoms with Gasteiger partial charge in [-0.3, -0.25) is 4.79 Å². The van der Waals surface area contributed by atoms with E-state index in [0.717, 1.165) is 43.1 Å². The smallest absolute Gasteiger partial charge is 0.263 e. The third kappa shape index (κ3) is 2.83. The molecule has 0 aliphatic carbocycles. The zero-order chi connectivity index (χ0) is 13.2. The average molecular weight is 296 g/mol. The minimum atomic E-state index is 0.253. The van der Waals surface area contributed by atoms with E-state index < -0.39 is 0 Å². The first-order valence-corrected chi connectivity index (χ1v) is 8.88. The van der Waals surface area contributed by atoms with E-state index in [2.05, 4.69) is 11.4 Å². The molecule has 2 aliphatic rings. The van der Waals surface area contributed by atoms with E-state index in [0.29, 0.717) is 5.92 Å². The number of hydrogen-bond acceptors (Lipinski definition) is 4. The van der Waals surface area contributed by atoms with Gasteiger partial charge in [0, 0.05) is 23.7 Å². The normalized spacial score (nSPS) is 22.6. The molecule has 3 nitrogen and oxygen atoms in total. The Morgan fingerprint density at radius 1 is 1.58 bits per heavy atom. The maximum Gasteiger partial charge on any atom is 0.263 e. The van der Waals surface area contributed by atoms with Crippen LogP contribution in [0.3, 0.4) is 0 Å². The number of likely N-dealkylation sites (tertiary alicyclic amines) is 1. The number of aryl methyl sites for hydroxylation is 1. The highest BCUT2D eigenvalue weighted by atomic mass is 32.2. The molecule has 0 aromatic carbocycles. The van der Waals surface area contributed by atoms with Crippen LogP contribution in [0, 0.1) is 5.92 Å². The minimum Gasteiger partial charge on any atom is -0.338 e. The van der Waals surface area contributed by atoms with Crippen molar-refractivity contribution in [2.75, 3.05) is 32.4 Å². The first kappa shape index (κ1) is 13.5. The molecule has 0 bridgehead atoms. The fraction of sp³-hybridized carbons (Fsp3) is 0.643. The average Bonchev–Trinajstić information content (AvgIpc) is 3.04. The van der Waals surface area contributed by atoms with Crippen molar-refractivity contribution in [1.29, 1.82) is 0 Å². The first-order chi connectivity index (χ1) is 9.28. The summed E-state index contributed by atoms with van der Waals surface area (Å²) in [4.78, 5) is 17.0. The number of nitrogens with one attached hydrogen (secondary N) is 1. The summed E-state index contributed by atoms with van der Waals surface area (Å²) in [5, 5.41) is 3.21. The predicted molar refractivity (Wildman–Crippen MR) is 82.1 cm³/mol. The number of thioether (sulfide) groups is 1. The van der Waals surface area contributed by atoms with Crippen molar-refractivity contribution in [2.45, 2.75) is 18.6 Å². The molecule has 3 heterocycles. The fourth-order valence-corrected chi connectivity index (χ4v) is 5.22. The van der Waals surface area contributed by atoms with Gasteiger partial charge in [-0.1, -0.05) is 0 Å². The molecule has 5 heteroatoms. The van der Waals surface area contributed by atoms with Crippen LogP contribution in [0.4, 0.5) is 0 Å². The summed E-state index contributed by atoms with van der Waals surface area (Å²) in [5.74, 6) is 3.17. The van der Waals surface area contributed by atoms with Crippen molar-refractivity contribution in [2.24, 2.45) is 5.92 Å². The number of thiophene rings is 1. The fourth-order valence-electron chi connectivity index (χ4n) is 2.88. The van der Waals surface area contributed by atoms with Crippen LogP contribution in [0.25, 0.3) is 0 Å². The summed E-state index contributed by atoms with van der Waals surface area (Å²) < 4.78 is 0. The zero-order valence-corrected chi connectivity index (χ0v) is 12.9. The van der Waals surface area contributed by atoms with Crippen molar-refractivity contribution in [1.82, 2.24) is 10.2 Å². The Morgan fingerprint density at radius 3 is 3.26 bits per heavy atom. The number of hydrogen-bond donors (Lipinski definition) is 1. The summed E-state index contributed by atoms with van der Waals surface area (Å²) in [5.41, 5.74) is 1.40. The lowest BCUT2D eigenvalue weighted by Gasteiger charge is -2.15.